The molecule has 0 spiro atoms. The predicted octanol–water partition coefficient (Wildman–Crippen LogP) is 2.23. The van der Waals surface area contributed by atoms with Crippen molar-refractivity contribution in [2.24, 2.45) is 7.05 Å². The van der Waals surface area contributed by atoms with Crippen LogP contribution < -0.4 is 0 Å². The summed E-state index contributed by atoms with van der Waals surface area (Å²) in [6.07, 6.45) is 2.39. The third-order valence-electron chi connectivity index (χ3n) is 2.90. The van der Waals surface area contributed by atoms with Crippen molar-refractivity contribution in [3.63, 3.8) is 0 Å². The second-order valence-electron chi connectivity index (χ2n) is 4.02. The van der Waals surface area contributed by atoms with Gasteiger partial charge in [-0.3, -0.25) is 9.48 Å². The molecule has 1 aromatic rings. The van der Waals surface area contributed by atoms with Gasteiger partial charge in [-0.1, -0.05) is 0 Å². The highest BCUT2D eigenvalue weighted by atomic mass is 32.2. The number of aryl methyl sites for hydroxylation is 1. The third kappa shape index (κ3) is 2.25. The Bertz CT molecular complexity index is 367. The zero-order valence-corrected chi connectivity index (χ0v) is 10.0. The Balaban J connectivity index is 2.21. The van der Waals surface area contributed by atoms with Gasteiger partial charge in [0.1, 0.15) is 5.69 Å². The average molecular weight is 224 g/mol. The fourth-order valence-corrected chi connectivity index (χ4v) is 3.12. The van der Waals surface area contributed by atoms with E-state index in [1.165, 1.54) is 24.3 Å². The molecule has 0 N–H and O–H groups in total. The molecule has 1 aromatic heterocycles. The Hall–Kier alpha value is -0.770. The minimum atomic E-state index is 0.0986. The van der Waals surface area contributed by atoms with Crippen LogP contribution in [-0.2, 0) is 7.05 Å². The van der Waals surface area contributed by atoms with Gasteiger partial charge in [-0.25, -0.2) is 0 Å². The second kappa shape index (κ2) is 4.39. The monoisotopic (exact) mass is 224 g/mol. The lowest BCUT2D eigenvalue weighted by atomic mass is 9.98. The third-order valence-corrected chi connectivity index (χ3v) is 3.95. The van der Waals surface area contributed by atoms with Gasteiger partial charge in [0.2, 0.25) is 0 Å². The van der Waals surface area contributed by atoms with E-state index in [1.807, 2.05) is 24.9 Å². The summed E-state index contributed by atoms with van der Waals surface area (Å²) in [7, 11) is 1.85. The molecular formula is C11H16N2OS. The number of nitrogens with zero attached hydrogens (tertiary/aromatic N) is 2. The maximum absolute atomic E-state index is 11.3. The largest absolute Gasteiger partial charge is 0.293 e. The predicted molar refractivity (Wildman–Crippen MR) is 62.5 cm³/mol. The number of Topliss-reactive ketones (excluding diaryl/α,β-unsaturated/α-hetero) is 1. The zero-order valence-electron chi connectivity index (χ0n) is 9.19. The van der Waals surface area contributed by atoms with Gasteiger partial charge in [0.15, 0.2) is 5.78 Å². The Labute approximate surface area is 94.2 Å². The minimum Gasteiger partial charge on any atom is -0.293 e. The van der Waals surface area contributed by atoms with E-state index in [0.717, 1.165) is 11.4 Å². The molecule has 15 heavy (non-hydrogen) atoms. The summed E-state index contributed by atoms with van der Waals surface area (Å²) in [5.74, 6) is 3.10. The number of hydrogen-bond donors (Lipinski definition) is 0. The number of carbonyl (C=O) groups is 1. The molecule has 4 heteroatoms. The molecule has 0 amide bonds. The molecule has 3 nitrogen and oxygen atoms in total. The first kappa shape index (κ1) is 10.7. The van der Waals surface area contributed by atoms with E-state index in [-0.39, 0.29) is 5.78 Å². The van der Waals surface area contributed by atoms with Crippen molar-refractivity contribution < 1.29 is 4.79 Å². The number of rotatable bonds is 2. The van der Waals surface area contributed by atoms with E-state index < -0.39 is 0 Å². The SMILES string of the molecule is CC(=O)c1cc(C2CCSCC2)nn1C. The average Bonchev–Trinajstić information content (AvgIpc) is 2.62. The summed E-state index contributed by atoms with van der Waals surface area (Å²) in [6, 6.07) is 1.96. The molecule has 1 aliphatic rings. The number of thioether (sulfide) groups is 1. The van der Waals surface area contributed by atoms with Crippen LogP contribution in [0.2, 0.25) is 0 Å². The molecule has 1 saturated heterocycles. The minimum absolute atomic E-state index is 0.0986. The highest BCUT2D eigenvalue weighted by molar-refractivity contribution is 7.99. The van der Waals surface area contributed by atoms with Gasteiger partial charge >= 0.3 is 0 Å². The molecule has 2 heterocycles. The Morgan fingerprint density at radius 1 is 1.53 bits per heavy atom. The molecular weight excluding hydrogens is 208 g/mol. The summed E-state index contributed by atoms with van der Waals surface area (Å²) in [4.78, 5) is 11.3. The van der Waals surface area contributed by atoms with Crippen molar-refractivity contribution in [1.82, 2.24) is 9.78 Å². The van der Waals surface area contributed by atoms with Crippen LogP contribution in [0.15, 0.2) is 6.07 Å². The fraction of sp³-hybridized carbons (Fsp3) is 0.636. The van der Waals surface area contributed by atoms with Gasteiger partial charge in [-0.15, -0.1) is 0 Å². The van der Waals surface area contributed by atoms with E-state index in [4.69, 9.17) is 0 Å². The van der Waals surface area contributed by atoms with Crippen LogP contribution in [0.4, 0.5) is 0 Å². The van der Waals surface area contributed by atoms with Gasteiger partial charge in [0, 0.05) is 19.9 Å². The molecule has 0 radical (unpaired) electrons. The van der Waals surface area contributed by atoms with Crippen LogP contribution >= 0.6 is 11.8 Å². The van der Waals surface area contributed by atoms with E-state index in [0.29, 0.717) is 5.92 Å². The van der Waals surface area contributed by atoms with Crippen molar-refractivity contribution in [3.05, 3.63) is 17.5 Å². The summed E-state index contributed by atoms with van der Waals surface area (Å²) in [5, 5.41) is 4.44. The second-order valence-corrected chi connectivity index (χ2v) is 5.25. The quantitative estimate of drug-likeness (QED) is 0.723. The molecule has 82 valence electrons. The summed E-state index contributed by atoms with van der Waals surface area (Å²) in [5.41, 5.74) is 1.83. The smallest absolute Gasteiger partial charge is 0.177 e. The van der Waals surface area contributed by atoms with E-state index in [2.05, 4.69) is 5.10 Å². The van der Waals surface area contributed by atoms with E-state index >= 15 is 0 Å². The van der Waals surface area contributed by atoms with Crippen molar-refractivity contribution >= 4 is 17.5 Å². The lowest BCUT2D eigenvalue weighted by Crippen LogP contribution is -2.08. The molecule has 0 saturated carbocycles. The topological polar surface area (TPSA) is 34.9 Å². The van der Waals surface area contributed by atoms with Crippen LogP contribution in [0.25, 0.3) is 0 Å². The van der Waals surface area contributed by atoms with Crippen LogP contribution in [0.5, 0.6) is 0 Å². The van der Waals surface area contributed by atoms with Gasteiger partial charge in [0.25, 0.3) is 0 Å². The van der Waals surface area contributed by atoms with Crippen LogP contribution in [0.1, 0.15) is 41.9 Å². The lowest BCUT2D eigenvalue weighted by molar-refractivity contribution is 0.100. The Morgan fingerprint density at radius 2 is 2.20 bits per heavy atom. The highest BCUT2D eigenvalue weighted by Crippen LogP contribution is 2.30. The summed E-state index contributed by atoms with van der Waals surface area (Å²) >= 11 is 2.01. The molecule has 0 bridgehead atoms. The number of aromatic nitrogens is 2. The van der Waals surface area contributed by atoms with Gasteiger partial charge < -0.3 is 0 Å². The van der Waals surface area contributed by atoms with E-state index in [1.54, 1.807) is 11.6 Å². The lowest BCUT2D eigenvalue weighted by Gasteiger charge is -2.18. The molecule has 0 unspecified atom stereocenters. The molecule has 1 aliphatic heterocycles. The van der Waals surface area contributed by atoms with E-state index in [9.17, 15) is 4.79 Å². The van der Waals surface area contributed by atoms with Gasteiger partial charge in [0.05, 0.1) is 5.69 Å². The normalized spacial score (nSPS) is 18.0. The Morgan fingerprint density at radius 3 is 2.73 bits per heavy atom. The van der Waals surface area contributed by atoms with Crippen molar-refractivity contribution in [2.75, 3.05) is 11.5 Å². The highest BCUT2D eigenvalue weighted by Gasteiger charge is 2.20. The molecule has 1 fully saturated rings. The number of hydrogen-bond acceptors (Lipinski definition) is 3. The number of carbonyl (C=O) groups excluding carboxylic acids is 1. The summed E-state index contributed by atoms with van der Waals surface area (Å²) < 4.78 is 1.71. The Kier molecular flexibility index (Phi) is 3.14. The maximum atomic E-state index is 11.3. The van der Waals surface area contributed by atoms with Crippen LogP contribution in [-0.4, -0.2) is 27.1 Å². The molecule has 0 aromatic carbocycles. The van der Waals surface area contributed by atoms with Gasteiger partial charge in [-0.05, 0) is 30.4 Å². The van der Waals surface area contributed by atoms with Crippen molar-refractivity contribution in [3.8, 4) is 0 Å². The maximum Gasteiger partial charge on any atom is 0.177 e. The van der Waals surface area contributed by atoms with Crippen molar-refractivity contribution in [1.29, 1.82) is 0 Å². The number of ketones is 1. The zero-order chi connectivity index (χ0) is 10.8. The summed E-state index contributed by atoms with van der Waals surface area (Å²) in [6.45, 7) is 1.59. The first-order valence-corrected chi connectivity index (χ1v) is 6.46. The molecule has 0 atom stereocenters. The molecule has 0 aliphatic carbocycles. The van der Waals surface area contributed by atoms with Crippen LogP contribution in [0.3, 0.4) is 0 Å². The standard InChI is InChI=1S/C11H16N2OS/c1-8(14)11-7-10(12-13(11)2)9-3-5-15-6-4-9/h7,9H,3-6H2,1-2H3. The van der Waals surface area contributed by atoms with Crippen LogP contribution in [0, 0.1) is 0 Å². The molecule has 2 rings (SSSR count). The fourth-order valence-electron chi connectivity index (χ4n) is 2.01. The van der Waals surface area contributed by atoms with Crippen molar-refractivity contribution in [2.45, 2.75) is 25.7 Å². The van der Waals surface area contributed by atoms with Gasteiger partial charge in [-0.2, -0.15) is 16.9 Å². The first-order chi connectivity index (χ1) is 7.18. The first-order valence-electron chi connectivity index (χ1n) is 5.31.